The number of halogens is 3. The fourth-order valence-corrected chi connectivity index (χ4v) is 2.57. The van der Waals surface area contributed by atoms with Crippen LogP contribution in [0.25, 0.3) is 0 Å². The molecular formula is C14H19Cl2FN4O2. The normalized spacial score (nSPS) is 21.4. The SMILES string of the molecule is CC(C)(C)OC(=O)N1CC(F)CC1CNc1nc(Cl)ncc1Cl. The molecule has 1 aromatic heterocycles. The van der Waals surface area contributed by atoms with Crippen LogP contribution in [-0.4, -0.2) is 51.9 Å². The molecule has 1 fully saturated rings. The molecule has 9 heteroatoms. The van der Waals surface area contributed by atoms with Crippen molar-refractivity contribution in [2.24, 2.45) is 0 Å². The van der Waals surface area contributed by atoms with Gasteiger partial charge >= 0.3 is 6.09 Å². The molecule has 1 aromatic rings. The zero-order chi connectivity index (χ0) is 17.2. The highest BCUT2D eigenvalue weighted by Gasteiger charge is 2.37. The van der Waals surface area contributed by atoms with Crippen LogP contribution in [0.1, 0.15) is 27.2 Å². The van der Waals surface area contributed by atoms with Gasteiger partial charge in [0.05, 0.1) is 18.8 Å². The standard InChI is InChI=1S/C14H19Cl2FN4O2/c1-14(2,3)23-13(22)21-7-8(17)4-9(21)5-18-11-10(15)6-19-12(16)20-11/h6,8-9H,4-5,7H2,1-3H3,(H,18,19,20). The summed E-state index contributed by atoms with van der Waals surface area (Å²) in [7, 11) is 0. The first-order valence-electron chi connectivity index (χ1n) is 7.21. The summed E-state index contributed by atoms with van der Waals surface area (Å²) in [5, 5.41) is 3.33. The smallest absolute Gasteiger partial charge is 0.410 e. The maximum absolute atomic E-state index is 13.7. The number of alkyl halides is 1. The molecule has 2 rings (SSSR count). The predicted octanol–water partition coefficient (Wildman–Crippen LogP) is 3.54. The molecule has 0 spiro atoms. The molecule has 1 N–H and O–H groups in total. The summed E-state index contributed by atoms with van der Waals surface area (Å²) in [5.41, 5.74) is -0.632. The van der Waals surface area contributed by atoms with E-state index in [0.717, 1.165) is 0 Å². The highest BCUT2D eigenvalue weighted by Crippen LogP contribution is 2.25. The van der Waals surface area contributed by atoms with E-state index in [-0.39, 0.29) is 30.8 Å². The fourth-order valence-electron chi connectivity index (χ4n) is 2.28. The van der Waals surface area contributed by atoms with Crippen LogP contribution < -0.4 is 5.32 Å². The Morgan fingerprint density at radius 1 is 1.52 bits per heavy atom. The van der Waals surface area contributed by atoms with E-state index < -0.39 is 17.9 Å². The summed E-state index contributed by atoms with van der Waals surface area (Å²) in [5.74, 6) is 0.345. The summed E-state index contributed by atoms with van der Waals surface area (Å²) >= 11 is 11.7. The summed E-state index contributed by atoms with van der Waals surface area (Å²) in [4.78, 5) is 21.3. The number of anilines is 1. The number of carbonyl (C=O) groups is 1. The van der Waals surface area contributed by atoms with E-state index in [9.17, 15) is 9.18 Å². The van der Waals surface area contributed by atoms with Gasteiger partial charge in [0.15, 0.2) is 0 Å². The second kappa shape index (κ2) is 7.05. The third kappa shape index (κ3) is 5.07. The van der Waals surface area contributed by atoms with Crippen LogP contribution in [0.15, 0.2) is 6.20 Å². The molecule has 6 nitrogen and oxygen atoms in total. The number of rotatable bonds is 3. The second-order valence-corrected chi connectivity index (χ2v) is 7.08. The first kappa shape index (κ1) is 18.0. The molecule has 0 radical (unpaired) electrons. The van der Waals surface area contributed by atoms with Gasteiger partial charge in [-0.1, -0.05) is 11.6 Å². The number of nitrogens with zero attached hydrogens (tertiary/aromatic N) is 3. The number of nitrogens with one attached hydrogen (secondary N) is 1. The van der Waals surface area contributed by atoms with Gasteiger partial charge in [-0.05, 0) is 32.4 Å². The quantitative estimate of drug-likeness (QED) is 0.830. The molecule has 0 saturated carbocycles. The third-order valence-corrected chi connectivity index (χ3v) is 3.67. The summed E-state index contributed by atoms with van der Waals surface area (Å²) < 4.78 is 19.1. The molecule has 0 bridgehead atoms. The number of hydrogen-bond donors (Lipinski definition) is 1. The molecule has 2 unspecified atom stereocenters. The van der Waals surface area contributed by atoms with Crippen molar-refractivity contribution in [3.05, 3.63) is 16.5 Å². The molecule has 1 aliphatic rings. The van der Waals surface area contributed by atoms with Crippen molar-refractivity contribution in [3.8, 4) is 0 Å². The van der Waals surface area contributed by atoms with Crippen molar-refractivity contribution in [2.75, 3.05) is 18.4 Å². The Balaban J connectivity index is 2.02. The number of carbonyl (C=O) groups excluding carboxylic acids is 1. The van der Waals surface area contributed by atoms with E-state index in [1.54, 1.807) is 20.8 Å². The molecule has 2 heterocycles. The Bertz CT molecular complexity index is 582. The average Bonchev–Trinajstić information content (AvgIpc) is 2.79. The van der Waals surface area contributed by atoms with Crippen LogP contribution >= 0.6 is 23.2 Å². The highest BCUT2D eigenvalue weighted by molar-refractivity contribution is 6.33. The molecule has 128 valence electrons. The minimum Gasteiger partial charge on any atom is -0.444 e. The van der Waals surface area contributed by atoms with Gasteiger partial charge in [-0.25, -0.2) is 14.2 Å². The first-order valence-corrected chi connectivity index (χ1v) is 7.97. The minimum atomic E-state index is -1.08. The van der Waals surface area contributed by atoms with Crippen molar-refractivity contribution in [3.63, 3.8) is 0 Å². The van der Waals surface area contributed by atoms with E-state index in [1.807, 2.05) is 0 Å². The zero-order valence-corrected chi connectivity index (χ0v) is 14.7. The number of amides is 1. The lowest BCUT2D eigenvalue weighted by atomic mass is 10.2. The number of likely N-dealkylation sites (tertiary alicyclic amines) is 1. The summed E-state index contributed by atoms with van der Waals surface area (Å²) in [6, 6.07) is -0.357. The van der Waals surface area contributed by atoms with Crippen LogP contribution in [0.5, 0.6) is 0 Å². The van der Waals surface area contributed by atoms with E-state index in [1.165, 1.54) is 11.1 Å². The van der Waals surface area contributed by atoms with Gasteiger partial charge in [-0.3, -0.25) is 0 Å². The molecule has 1 amide bonds. The van der Waals surface area contributed by atoms with Crippen molar-refractivity contribution in [1.82, 2.24) is 14.9 Å². The van der Waals surface area contributed by atoms with Crippen molar-refractivity contribution < 1.29 is 13.9 Å². The number of aromatic nitrogens is 2. The Morgan fingerprint density at radius 2 is 2.22 bits per heavy atom. The molecule has 2 atom stereocenters. The lowest BCUT2D eigenvalue weighted by molar-refractivity contribution is 0.0226. The largest absolute Gasteiger partial charge is 0.444 e. The molecular weight excluding hydrogens is 346 g/mol. The Labute approximate surface area is 144 Å². The van der Waals surface area contributed by atoms with Crippen molar-refractivity contribution >= 4 is 35.1 Å². The third-order valence-electron chi connectivity index (χ3n) is 3.21. The molecule has 23 heavy (non-hydrogen) atoms. The van der Waals surface area contributed by atoms with Gasteiger partial charge < -0.3 is 15.0 Å². The Hall–Kier alpha value is -1.34. The van der Waals surface area contributed by atoms with Crippen molar-refractivity contribution in [2.45, 2.75) is 45.0 Å². The second-order valence-electron chi connectivity index (χ2n) is 6.34. The molecule has 1 saturated heterocycles. The zero-order valence-electron chi connectivity index (χ0n) is 13.1. The van der Waals surface area contributed by atoms with Gasteiger partial charge in [-0.15, -0.1) is 0 Å². The van der Waals surface area contributed by atoms with Crippen molar-refractivity contribution in [1.29, 1.82) is 0 Å². The molecule has 1 aliphatic heterocycles. The van der Waals surface area contributed by atoms with E-state index in [4.69, 9.17) is 27.9 Å². The first-order chi connectivity index (χ1) is 10.7. The molecule has 0 aromatic carbocycles. The van der Waals surface area contributed by atoms with Crippen LogP contribution in [0.3, 0.4) is 0 Å². The predicted molar refractivity (Wildman–Crippen MR) is 86.8 cm³/mol. The van der Waals surface area contributed by atoms with E-state index in [0.29, 0.717) is 10.8 Å². The lowest BCUT2D eigenvalue weighted by Crippen LogP contribution is -2.42. The fraction of sp³-hybridized carbons (Fsp3) is 0.643. The number of ether oxygens (including phenoxy) is 1. The van der Waals surface area contributed by atoms with Gasteiger partial charge in [0.2, 0.25) is 5.28 Å². The van der Waals surface area contributed by atoms with E-state index >= 15 is 0 Å². The maximum Gasteiger partial charge on any atom is 0.410 e. The van der Waals surface area contributed by atoms with Crippen LogP contribution in [-0.2, 0) is 4.74 Å². The highest BCUT2D eigenvalue weighted by atomic mass is 35.5. The van der Waals surface area contributed by atoms with Crippen LogP contribution in [0.2, 0.25) is 10.3 Å². The van der Waals surface area contributed by atoms with Crippen LogP contribution in [0, 0.1) is 0 Å². The van der Waals surface area contributed by atoms with Gasteiger partial charge in [0.25, 0.3) is 0 Å². The molecule has 0 aliphatic carbocycles. The summed E-state index contributed by atoms with van der Waals surface area (Å²) in [6.07, 6.45) is -0.0183. The lowest BCUT2D eigenvalue weighted by Gasteiger charge is -2.28. The van der Waals surface area contributed by atoms with Crippen LogP contribution in [0.4, 0.5) is 15.0 Å². The Morgan fingerprint density at radius 3 is 2.87 bits per heavy atom. The number of hydrogen-bond acceptors (Lipinski definition) is 5. The monoisotopic (exact) mass is 364 g/mol. The van der Waals surface area contributed by atoms with Gasteiger partial charge in [0.1, 0.15) is 22.6 Å². The van der Waals surface area contributed by atoms with Gasteiger partial charge in [0, 0.05) is 13.0 Å². The van der Waals surface area contributed by atoms with Gasteiger partial charge in [-0.2, -0.15) is 4.98 Å². The topological polar surface area (TPSA) is 67.3 Å². The summed E-state index contributed by atoms with van der Waals surface area (Å²) in [6.45, 7) is 5.60. The Kier molecular flexibility index (Phi) is 5.52. The minimum absolute atomic E-state index is 0.0134. The van der Waals surface area contributed by atoms with E-state index in [2.05, 4.69) is 15.3 Å². The average molecular weight is 365 g/mol. The maximum atomic E-state index is 13.7.